The molecule has 0 aliphatic rings. The number of fused-ring (bicyclic) bond motifs is 1. The summed E-state index contributed by atoms with van der Waals surface area (Å²) in [4.78, 5) is 17.7. The largest absolute Gasteiger partial charge is 0.465 e. The molecule has 0 saturated heterocycles. The van der Waals surface area contributed by atoms with Crippen molar-refractivity contribution in [3.63, 3.8) is 0 Å². The van der Waals surface area contributed by atoms with Crippen molar-refractivity contribution in [1.29, 1.82) is 0 Å². The Morgan fingerprint density at radius 2 is 2.24 bits per heavy atom. The lowest BCUT2D eigenvalue weighted by Gasteiger charge is -2.09. The molecule has 108 valence electrons. The molecule has 0 radical (unpaired) electrons. The van der Waals surface area contributed by atoms with Crippen LogP contribution >= 0.6 is 11.3 Å². The Morgan fingerprint density at radius 1 is 1.43 bits per heavy atom. The molecule has 0 unspecified atom stereocenters. The molecule has 5 nitrogen and oxygen atoms in total. The molecule has 3 aromatic heterocycles. The number of rotatable bonds is 3. The Balaban J connectivity index is 2.31. The predicted octanol–water partition coefficient (Wildman–Crippen LogP) is 3.53. The number of carbonyl (C=O) groups is 1. The van der Waals surface area contributed by atoms with Crippen molar-refractivity contribution in [1.82, 2.24) is 14.8 Å². The minimum Gasteiger partial charge on any atom is -0.465 e. The van der Waals surface area contributed by atoms with Gasteiger partial charge in [0, 0.05) is 6.04 Å². The minimum absolute atomic E-state index is 0.166. The Morgan fingerprint density at radius 3 is 2.86 bits per heavy atom. The summed E-state index contributed by atoms with van der Waals surface area (Å²) in [5.41, 5.74) is 1.97. The van der Waals surface area contributed by atoms with E-state index in [1.165, 1.54) is 7.11 Å². The van der Waals surface area contributed by atoms with Crippen molar-refractivity contribution >= 4 is 28.3 Å². The third kappa shape index (κ3) is 2.31. The van der Waals surface area contributed by atoms with Gasteiger partial charge in [-0.15, -0.1) is 11.3 Å². The van der Waals surface area contributed by atoms with Crippen LogP contribution in [0.25, 0.3) is 21.6 Å². The average Bonchev–Trinajstić information content (AvgIpc) is 3.13. The van der Waals surface area contributed by atoms with E-state index in [1.54, 1.807) is 23.6 Å². The minimum atomic E-state index is -0.372. The molecular formula is C15H15N3O2S. The second-order valence-corrected chi connectivity index (χ2v) is 5.89. The smallest absolute Gasteiger partial charge is 0.338 e. The van der Waals surface area contributed by atoms with Gasteiger partial charge < -0.3 is 4.74 Å². The van der Waals surface area contributed by atoms with Gasteiger partial charge in [-0.3, -0.25) is 0 Å². The molecule has 3 rings (SSSR count). The molecule has 0 N–H and O–H groups in total. The van der Waals surface area contributed by atoms with Gasteiger partial charge in [0.2, 0.25) is 0 Å². The van der Waals surface area contributed by atoms with Crippen molar-refractivity contribution in [2.75, 3.05) is 7.11 Å². The van der Waals surface area contributed by atoms with Crippen LogP contribution in [0.15, 0.2) is 29.8 Å². The maximum atomic E-state index is 12.0. The van der Waals surface area contributed by atoms with Crippen molar-refractivity contribution in [2.45, 2.75) is 19.9 Å². The molecule has 0 fully saturated rings. The molecular weight excluding hydrogens is 286 g/mol. The quantitative estimate of drug-likeness (QED) is 0.694. The summed E-state index contributed by atoms with van der Waals surface area (Å²) in [6.45, 7) is 4.06. The number of methoxy groups -OCH3 is 1. The highest BCUT2D eigenvalue weighted by Crippen LogP contribution is 2.29. The average molecular weight is 301 g/mol. The molecule has 6 heteroatoms. The maximum absolute atomic E-state index is 12.0. The van der Waals surface area contributed by atoms with Crippen LogP contribution in [0.3, 0.4) is 0 Å². The third-order valence-electron chi connectivity index (χ3n) is 3.23. The van der Waals surface area contributed by atoms with Crippen molar-refractivity contribution in [3.05, 3.63) is 35.3 Å². The molecule has 0 bridgehead atoms. The zero-order chi connectivity index (χ0) is 15.0. The van der Waals surface area contributed by atoms with Gasteiger partial charge in [-0.25, -0.2) is 14.5 Å². The van der Waals surface area contributed by atoms with E-state index in [2.05, 4.69) is 10.1 Å². The first-order valence-electron chi connectivity index (χ1n) is 6.62. The summed E-state index contributed by atoms with van der Waals surface area (Å²) in [7, 11) is 1.38. The lowest BCUT2D eigenvalue weighted by Crippen LogP contribution is -2.06. The van der Waals surface area contributed by atoms with Crippen LogP contribution in [0.4, 0.5) is 0 Å². The normalized spacial score (nSPS) is 11.2. The highest BCUT2D eigenvalue weighted by atomic mass is 32.1. The third-order valence-corrected chi connectivity index (χ3v) is 4.13. The van der Waals surface area contributed by atoms with Gasteiger partial charge in [-0.1, -0.05) is 6.07 Å². The molecule has 0 amide bonds. The van der Waals surface area contributed by atoms with Crippen molar-refractivity contribution in [2.24, 2.45) is 0 Å². The number of ether oxygens (including phenoxy) is 1. The SMILES string of the molecule is COC(=O)c1cc(-c2cccs2)nc2c1cnn2C(C)C. The number of carbonyl (C=O) groups excluding carboxylic acids is 1. The van der Waals surface area contributed by atoms with E-state index in [0.717, 1.165) is 16.0 Å². The van der Waals surface area contributed by atoms with Gasteiger partial charge in [0.15, 0.2) is 5.65 Å². The van der Waals surface area contributed by atoms with E-state index in [9.17, 15) is 4.79 Å². The van der Waals surface area contributed by atoms with Gasteiger partial charge in [-0.05, 0) is 31.4 Å². The van der Waals surface area contributed by atoms with E-state index in [-0.39, 0.29) is 12.0 Å². The molecule has 3 aromatic rings. The van der Waals surface area contributed by atoms with Gasteiger partial charge in [-0.2, -0.15) is 5.10 Å². The summed E-state index contributed by atoms with van der Waals surface area (Å²) in [5, 5.41) is 7.05. The standard InChI is InChI=1S/C15H15N3O2S/c1-9(2)18-14-11(8-16-18)10(15(19)20-3)7-12(17-14)13-5-4-6-21-13/h4-9H,1-3H3. The topological polar surface area (TPSA) is 57.0 Å². The highest BCUT2D eigenvalue weighted by molar-refractivity contribution is 7.13. The van der Waals surface area contributed by atoms with Crippen molar-refractivity contribution in [3.8, 4) is 10.6 Å². The first-order valence-corrected chi connectivity index (χ1v) is 7.50. The van der Waals surface area contributed by atoms with Crippen LogP contribution in [-0.4, -0.2) is 27.8 Å². The number of thiophene rings is 1. The molecule has 0 spiro atoms. The fourth-order valence-electron chi connectivity index (χ4n) is 2.23. The Hall–Kier alpha value is -2.21. The lowest BCUT2D eigenvalue weighted by molar-refractivity contribution is 0.0603. The molecule has 0 aliphatic carbocycles. The van der Waals surface area contributed by atoms with E-state index < -0.39 is 0 Å². The zero-order valence-electron chi connectivity index (χ0n) is 12.0. The fraction of sp³-hybridized carbons (Fsp3) is 0.267. The van der Waals surface area contributed by atoms with E-state index in [0.29, 0.717) is 11.2 Å². The van der Waals surface area contributed by atoms with Crippen LogP contribution < -0.4 is 0 Å². The highest BCUT2D eigenvalue weighted by Gasteiger charge is 2.18. The van der Waals surface area contributed by atoms with Crippen LogP contribution in [0, 0.1) is 0 Å². The van der Waals surface area contributed by atoms with Gasteiger partial charge >= 0.3 is 5.97 Å². The molecule has 0 aromatic carbocycles. The molecule has 0 atom stereocenters. The van der Waals surface area contributed by atoms with E-state index in [4.69, 9.17) is 4.74 Å². The summed E-state index contributed by atoms with van der Waals surface area (Å²) in [6.07, 6.45) is 1.67. The Labute approximate surface area is 126 Å². The number of nitrogens with zero attached hydrogens (tertiary/aromatic N) is 3. The van der Waals surface area contributed by atoms with Crippen LogP contribution in [0.2, 0.25) is 0 Å². The molecule has 0 aliphatic heterocycles. The van der Waals surface area contributed by atoms with Crippen LogP contribution in [0.5, 0.6) is 0 Å². The molecule has 21 heavy (non-hydrogen) atoms. The second kappa shape index (κ2) is 5.29. The lowest BCUT2D eigenvalue weighted by atomic mass is 10.1. The predicted molar refractivity (Wildman–Crippen MR) is 82.6 cm³/mol. The van der Waals surface area contributed by atoms with Gasteiger partial charge in [0.25, 0.3) is 0 Å². The number of hydrogen-bond donors (Lipinski definition) is 0. The van der Waals surface area contributed by atoms with Crippen molar-refractivity contribution < 1.29 is 9.53 Å². The summed E-state index contributed by atoms with van der Waals surface area (Å²) in [5.74, 6) is -0.372. The van der Waals surface area contributed by atoms with Gasteiger partial charge in [0.05, 0.1) is 34.8 Å². The first kappa shape index (κ1) is 13.8. The fourth-order valence-corrected chi connectivity index (χ4v) is 2.91. The number of hydrogen-bond acceptors (Lipinski definition) is 5. The number of esters is 1. The Bertz CT molecular complexity index is 791. The molecule has 0 saturated carbocycles. The van der Waals surface area contributed by atoms with E-state index >= 15 is 0 Å². The summed E-state index contributed by atoms with van der Waals surface area (Å²) >= 11 is 1.59. The van der Waals surface area contributed by atoms with Crippen LogP contribution in [-0.2, 0) is 4.74 Å². The summed E-state index contributed by atoms with van der Waals surface area (Å²) < 4.78 is 6.70. The zero-order valence-corrected chi connectivity index (χ0v) is 12.8. The van der Waals surface area contributed by atoms with E-state index in [1.807, 2.05) is 36.0 Å². The maximum Gasteiger partial charge on any atom is 0.338 e. The van der Waals surface area contributed by atoms with Crippen LogP contribution in [0.1, 0.15) is 30.2 Å². The van der Waals surface area contributed by atoms with Gasteiger partial charge in [0.1, 0.15) is 0 Å². The first-order chi connectivity index (χ1) is 10.1. The monoisotopic (exact) mass is 301 g/mol. The number of pyridine rings is 1. The second-order valence-electron chi connectivity index (χ2n) is 4.94. The molecule has 3 heterocycles. The Kier molecular flexibility index (Phi) is 3.47. The number of aromatic nitrogens is 3. The summed E-state index contributed by atoms with van der Waals surface area (Å²) in [6, 6.07) is 5.88.